The van der Waals surface area contributed by atoms with Crippen molar-refractivity contribution in [2.24, 2.45) is 0 Å². The molecule has 0 aliphatic rings. The lowest BCUT2D eigenvalue weighted by molar-refractivity contribution is 0.0795. The Labute approximate surface area is 121 Å². The lowest BCUT2D eigenvalue weighted by atomic mass is 10.1. The van der Waals surface area contributed by atoms with E-state index in [0.717, 1.165) is 10.9 Å². The average molecular weight is 319 g/mol. The summed E-state index contributed by atoms with van der Waals surface area (Å²) in [6, 6.07) is 11.4. The summed E-state index contributed by atoms with van der Waals surface area (Å²) in [4.78, 5) is 18.0. The monoisotopic (exact) mass is 318 g/mol. The molecule has 0 aliphatic carbocycles. The van der Waals surface area contributed by atoms with Gasteiger partial charge in [-0.2, -0.15) is 0 Å². The summed E-state index contributed by atoms with van der Waals surface area (Å²) in [5, 5.41) is 0. The van der Waals surface area contributed by atoms with E-state index >= 15 is 0 Å². The fraction of sp³-hybridized carbons (Fsp3) is 0.200. The molecule has 0 saturated carbocycles. The summed E-state index contributed by atoms with van der Waals surface area (Å²) in [6.45, 7) is 0.685. The second-order valence-electron chi connectivity index (χ2n) is 4.31. The molecule has 0 bridgehead atoms. The third-order valence-corrected chi connectivity index (χ3v) is 3.63. The van der Waals surface area contributed by atoms with Gasteiger partial charge >= 0.3 is 0 Å². The number of hydrogen-bond donors (Lipinski definition) is 0. The number of nitrogens with zero attached hydrogens (tertiary/aromatic N) is 2. The first-order valence-electron chi connectivity index (χ1n) is 6.07. The van der Waals surface area contributed by atoms with Crippen LogP contribution in [0, 0.1) is 0 Å². The third kappa shape index (κ3) is 3.64. The van der Waals surface area contributed by atoms with Crippen molar-refractivity contribution in [2.75, 3.05) is 13.6 Å². The molecule has 1 aromatic heterocycles. The number of halogens is 1. The Kier molecular flexibility index (Phi) is 4.68. The molecular formula is C15H15BrN2O. The Balaban J connectivity index is 1.99. The molecule has 0 atom stereocenters. The second-order valence-corrected chi connectivity index (χ2v) is 5.17. The van der Waals surface area contributed by atoms with Crippen LogP contribution in [0.1, 0.15) is 15.9 Å². The van der Waals surface area contributed by atoms with Crippen LogP contribution in [0.15, 0.2) is 53.3 Å². The van der Waals surface area contributed by atoms with Gasteiger partial charge in [-0.15, -0.1) is 0 Å². The molecule has 19 heavy (non-hydrogen) atoms. The molecule has 1 heterocycles. The van der Waals surface area contributed by atoms with Gasteiger partial charge in [-0.1, -0.05) is 12.1 Å². The van der Waals surface area contributed by atoms with Crippen molar-refractivity contribution in [3.63, 3.8) is 0 Å². The van der Waals surface area contributed by atoms with Crippen LogP contribution in [0.2, 0.25) is 0 Å². The van der Waals surface area contributed by atoms with Gasteiger partial charge in [-0.25, -0.2) is 0 Å². The van der Waals surface area contributed by atoms with Gasteiger partial charge in [0.15, 0.2) is 0 Å². The van der Waals surface area contributed by atoms with Crippen molar-refractivity contribution in [2.45, 2.75) is 6.42 Å². The highest BCUT2D eigenvalue weighted by molar-refractivity contribution is 9.10. The van der Waals surface area contributed by atoms with Crippen LogP contribution in [-0.4, -0.2) is 29.4 Å². The first-order valence-corrected chi connectivity index (χ1v) is 6.86. The molecule has 1 amide bonds. The van der Waals surface area contributed by atoms with Crippen LogP contribution >= 0.6 is 15.9 Å². The molecule has 2 rings (SSSR count). The predicted molar refractivity (Wildman–Crippen MR) is 79.0 cm³/mol. The van der Waals surface area contributed by atoms with Gasteiger partial charge < -0.3 is 4.90 Å². The van der Waals surface area contributed by atoms with E-state index in [1.165, 1.54) is 5.56 Å². The highest BCUT2D eigenvalue weighted by Gasteiger charge is 2.13. The van der Waals surface area contributed by atoms with Crippen molar-refractivity contribution >= 4 is 21.8 Å². The summed E-state index contributed by atoms with van der Waals surface area (Å²) in [5.74, 6) is 0.0292. The Morgan fingerprint density at radius 2 is 1.89 bits per heavy atom. The summed E-state index contributed by atoms with van der Waals surface area (Å²) < 4.78 is 0.829. The van der Waals surface area contributed by atoms with E-state index in [0.29, 0.717) is 12.1 Å². The Bertz CT molecular complexity index is 557. The molecule has 0 fully saturated rings. The first-order chi connectivity index (χ1) is 9.18. The summed E-state index contributed by atoms with van der Waals surface area (Å²) in [6.07, 6.45) is 4.37. The Morgan fingerprint density at radius 1 is 1.21 bits per heavy atom. The molecule has 3 nitrogen and oxygen atoms in total. The summed E-state index contributed by atoms with van der Waals surface area (Å²) in [7, 11) is 1.82. The van der Waals surface area contributed by atoms with E-state index in [-0.39, 0.29) is 5.91 Å². The van der Waals surface area contributed by atoms with Crippen molar-refractivity contribution in [1.29, 1.82) is 0 Å². The van der Waals surface area contributed by atoms with Gasteiger partial charge in [0.1, 0.15) is 0 Å². The number of carbonyl (C=O) groups excluding carboxylic acids is 1. The Morgan fingerprint density at radius 3 is 2.58 bits per heavy atom. The van der Waals surface area contributed by atoms with Crippen molar-refractivity contribution in [3.05, 3.63) is 64.4 Å². The highest BCUT2D eigenvalue weighted by atomic mass is 79.9. The minimum atomic E-state index is 0.0292. The fourth-order valence-electron chi connectivity index (χ4n) is 1.79. The van der Waals surface area contributed by atoms with Crippen molar-refractivity contribution in [1.82, 2.24) is 9.88 Å². The molecule has 0 radical (unpaired) electrons. The van der Waals surface area contributed by atoms with E-state index < -0.39 is 0 Å². The smallest absolute Gasteiger partial charge is 0.254 e. The van der Waals surface area contributed by atoms with Crippen LogP contribution in [0.5, 0.6) is 0 Å². The number of rotatable bonds is 4. The number of amides is 1. The standard InChI is InChI=1S/C15H15BrN2O/c1-18(11-8-12-6-9-17-10-7-12)15(19)13-4-2-3-5-14(13)16/h2-7,9-10H,8,11H2,1H3. The molecule has 4 heteroatoms. The first kappa shape index (κ1) is 13.7. The largest absolute Gasteiger partial charge is 0.341 e. The van der Waals surface area contributed by atoms with E-state index in [2.05, 4.69) is 20.9 Å². The molecular weight excluding hydrogens is 304 g/mol. The quantitative estimate of drug-likeness (QED) is 0.867. The number of carbonyl (C=O) groups is 1. The highest BCUT2D eigenvalue weighted by Crippen LogP contribution is 2.17. The van der Waals surface area contributed by atoms with Crippen LogP contribution in [0.3, 0.4) is 0 Å². The molecule has 0 N–H and O–H groups in total. The van der Waals surface area contributed by atoms with E-state index in [1.54, 1.807) is 17.3 Å². The van der Waals surface area contributed by atoms with Crippen LogP contribution in [0.25, 0.3) is 0 Å². The number of hydrogen-bond acceptors (Lipinski definition) is 2. The normalized spacial score (nSPS) is 10.2. The number of aromatic nitrogens is 1. The minimum absolute atomic E-state index is 0.0292. The van der Waals surface area contributed by atoms with Gasteiger partial charge in [0.05, 0.1) is 5.56 Å². The molecule has 1 aromatic carbocycles. The zero-order valence-corrected chi connectivity index (χ0v) is 12.3. The Hall–Kier alpha value is -1.68. The van der Waals surface area contributed by atoms with Gasteiger partial charge in [0.2, 0.25) is 0 Å². The fourth-order valence-corrected chi connectivity index (χ4v) is 2.24. The number of benzene rings is 1. The third-order valence-electron chi connectivity index (χ3n) is 2.94. The number of likely N-dealkylation sites (N-methyl/N-ethyl adjacent to an activating group) is 1. The molecule has 0 unspecified atom stereocenters. The van der Waals surface area contributed by atoms with E-state index in [9.17, 15) is 4.79 Å². The minimum Gasteiger partial charge on any atom is -0.341 e. The SMILES string of the molecule is CN(CCc1ccncc1)C(=O)c1ccccc1Br. The van der Waals surface area contributed by atoms with Gasteiger partial charge in [0, 0.05) is 30.5 Å². The molecule has 0 saturated heterocycles. The zero-order chi connectivity index (χ0) is 13.7. The van der Waals surface area contributed by atoms with Crippen molar-refractivity contribution in [3.8, 4) is 0 Å². The summed E-state index contributed by atoms with van der Waals surface area (Å²) >= 11 is 3.41. The average Bonchev–Trinajstić information content (AvgIpc) is 2.45. The molecule has 0 spiro atoms. The molecule has 2 aromatic rings. The van der Waals surface area contributed by atoms with Crippen LogP contribution in [-0.2, 0) is 6.42 Å². The molecule has 98 valence electrons. The predicted octanol–water partition coefficient (Wildman–Crippen LogP) is 3.16. The van der Waals surface area contributed by atoms with Gasteiger partial charge in [0.25, 0.3) is 5.91 Å². The lowest BCUT2D eigenvalue weighted by Gasteiger charge is -2.17. The topological polar surface area (TPSA) is 33.2 Å². The number of pyridine rings is 1. The second kappa shape index (κ2) is 6.48. The van der Waals surface area contributed by atoms with Crippen LogP contribution in [0.4, 0.5) is 0 Å². The maximum Gasteiger partial charge on any atom is 0.254 e. The van der Waals surface area contributed by atoms with Gasteiger partial charge in [-0.05, 0) is 52.2 Å². The lowest BCUT2D eigenvalue weighted by Crippen LogP contribution is -2.29. The van der Waals surface area contributed by atoms with Gasteiger partial charge in [-0.3, -0.25) is 9.78 Å². The maximum atomic E-state index is 12.3. The molecule has 0 aliphatic heterocycles. The van der Waals surface area contributed by atoms with E-state index in [4.69, 9.17) is 0 Å². The van der Waals surface area contributed by atoms with E-state index in [1.807, 2.05) is 43.4 Å². The van der Waals surface area contributed by atoms with Crippen LogP contribution < -0.4 is 0 Å². The zero-order valence-electron chi connectivity index (χ0n) is 10.7. The summed E-state index contributed by atoms with van der Waals surface area (Å²) in [5.41, 5.74) is 1.88. The maximum absolute atomic E-state index is 12.3. The van der Waals surface area contributed by atoms with Crippen molar-refractivity contribution < 1.29 is 4.79 Å².